The van der Waals surface area contributed by atoms with Gasteiger partial charge in [-0.25, -0.2) is 9.59 Å². The van der Waals surface area contributed by atoms with Crippen molar-refractivity contribution in [1.29, 1.82) is 0 Å². The number of carbonyl (C=O) groups excluding carboxylic acids is 1. The monoisotopic (exact) mass is 246 g/mol. The fraction of sp³-hybridized carbons (Fsp3) is 0.800. The molecular weight excluding hydrogens is 228 g/mol. The van der Waals surface area contributed by atoms with Crippen molar-refractivity contribution in [3.05, 3.63) is 0 Å². The van der Waals surface area contributed by atoms with Gasteiger partial charge < -0.3 is 25.6 Å². The van der Waals surface area contributed by atoms with Crippen LogP contribution in [0.1, 0.15) is 19.3 Å². The van der Waals surface area contributed by atoms with Crippen LogP contribution in [0.5, 0.6) is 0 Å². The van der Waals surface area contributed by atoms with Gasteiger partial charge in [0.15, 0.2) is 0 Å². The summed E-state index contributed by atoms with van der Waals surface area (Å²) in [5.41, 5.74) is 0. The minimum absolute atomic E-state index is 0.01000. The number of hydrogen-bond acceptors (Lipinski definition) is 4. The zero-order valence-electron chi connectivity index (χ0n) is 9.52. The van der Waals surface area contributed by atoms with E-state index < -0.39 is 18.0 Å². The van der Waals surface area contributed by atoms with E-state index in [1.807, 2.05) is 0 Å². The van der Waals surface area contributed by atoms with Crippen LogP contribution in [0.2, 0.25) is 0 Å². The number of amides is 2. The van der Waals surface area contributed by atoms with Gasteiger partial charge in [0.25, 0.3) is 0 Å². The number of aliphatic hydroxyl groups is 1. The first-order valence-electron chi connectivity index (χ1n) is 5.62. The molecule has 1 fully saturated rings. The Labute approximate surface area is 99.1 Å². The summed E-state index contributed by atoms with van der Waals surface area (Å²) in [6.07, 6.45) is 1.69. The average Bonchev–Trinajstić information content (AvgIpc) is 2.29. The van der Waals surface area contributed by atoms with E-state index in [4.69, 9.17) is 14.9 Å². The lowest BCUT2D eigenvalue weighted by Gasteiger charge is -2.24. The van der Waals surface area contributed by atoms with Crippen LogP contribution in [-0.2, 0) is 9.53 Å². The van der Waals surface area contributed by atoms with Gasteiger partial charge in [0.05, 0.1) is 12.6 Å². The Morgan fingerprint density at radius 2 is 2.24 bits per heavy atom. The summed E-state index contributed by atoms with van der Waals surface area (Å²) in [4.78, 5) is 22.2. The zero-order valence-corrected chi connectivity index (χ0v) is 9.52. The lowest BCUT2D eigenvalue weighted by atomic mass is 10.1. The highest BCUT2D eigenvalue weighted by Crippen LogP contribution is 2.05. The first-order chi connectivity index (χ1) is 8.13. The predicted octanol–water partition coefficient (Wildman–Crippen LogP) is -0.700. The SMILES string of the molecule is O=C(NC1CCCOC1)N[C@@H](CCO)C(=O)O. The summed E-state index contributed by atoms with van der Waals surface area (Å²) in [7, 11) is 0. The summed E-state index contributed by atoms with van der Waals surface area (Å²) < 4.78 is 5.18. The molecule has 1 heterocycles. The van der Waals surface area contributed by atoms with Gasteiger partial charge in [-0.05, 0) is 12.8 Å². The van der Waals surface area contributed by atoms with E-state index in [1.165, 1.54) is 0 Å². The second-order valence-electron chi connectivity index (χ2n) is 3.93. The van der Waals surface area contributed by atoms with Crippen molar-refractivity contribution < 1.29 is 24.5 Å². The minimum Gasteiger partial charge on any atom is -0.480 e. The molecule has 98 valence electrons. The van der Waals surface area contributed by atoms with Gasteiger partial charge in [-0.1, -0.05) is 0 Å². The van der Waals surface area contributed by atoms with Gasteiger partial charge in [-0.3, -0.25) is 0 Å². The van der Waals surface area contributed by atoms with Crippen molar-refractivity contribution in [2.75, 3.05) is 19.8 Å². The summed E-state index contributed by atoms with van der Waals surface area (Å²) in [6, 6.07) is -1.68. The number of carbonyl (C=O) groups is 2. The van der Waals surface area contributed by atoms with Crippen molar-refractivity contribution >= 4 is 12.0 Å². The highest BCUT2D eigenvalue weighted by atomic mass is 16.5. The molecule has 1 unspecified atom stereocenters. The van der Waals surface area contributed by atoms with E-state index in [2.05, 4.69) is 10.6 Å². The third kappa shape index (κ3) is 5.01. The molecule has 1 aliphatic rings. The summed E-state index contributed by atoms with van der Waals surface area (Å²) >= 11 is 0. The smallest absolute Gasteiger partial charge is 0.326 e. The fourth-order valence-electron chi connectivity index (χ4n) is 1.63. The molecule has 17 heavy (non-hydrogen) atoms. The number of hydrogen-bond donors (Lipinski definition) is 4. The van der Waals surface area contributed by atoms with Gasteiger partial charge in [0.1, 0.15) is 6.04 Å². The van der Waals surface area contributed by atoms with Crippen molar-refractivity contribution in [2.24, 2.45) is 0 Å². The Morgan fingerprint density at radius 1 is 1.47 bits per heavy atom. The van der Waals surface area contributed by atoms with Crippen molar-refractivity contribution in [1.82, 2.24) is 10.6 Å². The molecule has 0 spiro atoms. The molecule has 0 aromatic rings. The molecule has 1 aliphatic heterocycles. The molecule has 0 aliphatic carbocycles. The Morgan fingerprint density at radius 3 is 2.76 bits per heavy atom. The molecule has 7 nitrogen and oxygen atoms in total. The number of urea groups is 1. The number of carboxylic acids is 1. The molecule has 0 radical (unpaired) electrons. The number of carboxylic acid groups (broad SMARTS) is 1. The molecule has 7 heteroatoms. The van der Waals surface area contributed by atoms with E-state index in [-0.39, 0.29) is 19.1 Å². The summed E-state index contributed by atoms with van der Waals surface area (Å²) in [5, 5.41) is 22.4. The van der Waals surface area contributed by atoms with Gasteiger partial charge in [-0.2, -0.15) is 0 Å². The molecule has 0 bridgehead atoms. The second-order valence-corrected chi connectivity index (χ2v) is 3.93. The van der Waals surface area contributed by atoms with E-state index in [0.717, 1.165) is 12.8 Å². The molecule has 0 saturated carbocycles. The Kier molecular flexibility index (Phi) is 5.71. The third-order valence-electron chi connectivity index (χ3n) is 2.52. The van der Waals surface area contributed by atoms with Crippen molar-refractivity contribution in [3.8, 4) is 0 Å². The predicted molar refractivity (Wildman–Crippen MR) is 58.6 cm³/mol. The van der Waals surface area contributed by atoms with Crippen LogP contribution in [0.4, 0.5) is 4.79 Å². The van der Waals surface area contributed by atoms with Crippen LogP contribution in [0.15, 0.2) is 0 Å². The normalized spacial score (nSPS) is 21.6. The lowest BCUT2D eigenvalue weighted by molar-refractivity contribution is -0.139. The minimum atomic E-state index is -1.16. The fourth-order valence-corrected chi connectivity index (χ4v) is 1.63. The number of ether oxygens (including phenoxy) is 1. The van der Waals surface area contributed by atoms with Gasteiger partial charge in [0, 0.05) is 19.6 Å². The maximum absolute atomic E-state index is 11.5. The number of rotatable bonds is 5. The highest BCUT2D eigenvalue weighted by molar-refractivity contribution is 5.82. The van der Waals surface area contributed by atoms with Crippen LogP contribution in [0, 0.1) is 0 Å². The first kappa shape index (κ1) is 13.7. The van der Waals surface area contributed by atoms with Gasteiger partial charge in [0.2, 0.25) is 0 Å². The van der Waals surface area contributed by atoms with E-state index in [9.17, 15) is 9.59 Å². The molecule has 1 rings (SSSR count). The topological polar surface area (TPSA) is 108 Å². The zero-order chi connectivity index (χ0) is 12.7. The number of aliphatic carboxylic acids is 1. The molecule has 4 N–H and O–H groups in total. The number of nitrogens with one attached hydrogen (secondary N) is 2. The molecule has 0 aromatic heterocycles. The van der Waals surface area contributed by atoms with E-state index in [0.29, 0.717) is 13.2 Å². The van der Waals surface area contributed by atoms with Gasteiger partial charge >= 0.3 is 12.0 Å². The molecule has 2 amide bonds. The van der Waals surface area contributed by atoms with E-state index >= 15 is 0 Å². The van der Waals surface area contributed by atoms with Crippen LogP contribution < -0.4 is 10.6 Å². The lowest BCUT2D eigenvalue weighted by Crippen LogP contribution is -2.51. The standard InChI is InChI=1S/C10H18N2O5/c13-4-3-8(9(14)15)12-10(16)11-7-2-1-5-17-6-7/h7-8,13H,1-6H2,(H,14,15)(H2,11,12,16)/t7?,8-/m0/s1. The Hall–Kier alpha value is -1.34. The summed E-state index contributed by atoms with van der Waals surface area (Å²) in [6.45, 7) is 0.858. The molecule has 1 saturated heterocycles. The van der Waals surface area contributed by atoms with Crippen molar-refractivity contribution in [3.63, 3.8) is 0 Å². The van der Waals surface area contributed by atoms with Crippen LogP contribution >= 0.6 is 0 Å². The van der Waals surface area contributed by atoms with Crippen molar-refractivity contribution in [2.45, 2.75) is 31.3 Å². The Balaban J connectivity index is 2.33. The molecular formula is C10H18N2O5. The number of aliphatic hydroxyl groups excluding tert-OH is 1. The maximum atomic E-state index is 11.5. The summed E-state index contributed by atoms with van der Waals surface area (Å²) in [5.74, 6) is -1.16. The highest BCUT2D eigenvalue weighted by Gasteiger charge is 2.21. The third-order valence-corrected chi connectivity index (χ3v) is 2.52. The van der Waals surface area contributed by atoms with Crippen LogP contribution in [0.25, 0.3) is 0 Å². The Bertz CT molecular complexity index is 265. The quantitative estimate of drug-likeness (QED) is 0.513. The van der Waals surface area contributed by atoms with Crippen LogP contribution in [-0.4, -0.2) is 54.1 Å². The maximum Gasteiger partial charge on any atom is 0.326 e. The molecule has 2 atom stereocenters. The second kappa shape index (κ2) is 7.08. The first-order valence-corrected chi connectivity index (χ1v) is 5.62. The van der Waals surface area contributed by atoms with Crippen LogP contribution in [0.3, 0.4) is 0 Å². The van der Waals surface area contributed by atoms with E-state index in [1.54, 1.807) is 0 Å². The largest absolute Gasteiger partial charge is 0.480 e. The van der Waals surface area contributed by atoms with Gasteiger partial charge in [-0.15, -0.1) is 0 Å². The average molecular weight is 246 g/mol. The molecule has 0 aromatic carbocycles.